The van der Waals surface area contributed by atoms with E-state index < -0.39 is 0 Å². The molecule has 1 aromatic heterocycles. The Hall–Kier alpha value is -0.740. The maximum absolute atomic E-state index is 6.03. The summed E-state index contributed by atoms with van der Waals surface area (Å²) in [5, 5.41) is 4.46. The second kappa shape index (κ2) is 4.86. The van der Waals surface area contributed by atoms with E-state index in [1.807, 2.05) is 18.7 Å². The summed E-state index contributed by atoms with van der Waals surface area (Å²) in [6.45, 7) is 8.01. The Balaban J connectivity index is 2.32. The Labute approximate surface area is 107 Å². The molecule has 1 fully saturated rings. The zero-order valence-electron chi connectivity index (χ0n) is 10.9. The summed E-state index contributed by atoms with van der Waals surface area (Å²) in [6, 6.07) is 0. The summed E-state index contributed by atoms with van der Waals surface area (Å²) in [4.78, 5) is 2.33. The molecule has 0 aromatic carbocycles. The third-order valence-corrected chi connectivity index (χ3v) is 3.43. The first-order valence-corrected chi connectivity index (χ1v) is 6.55. The minimum atomic E-state index is 0.247. The summed E-state index contributed by atoms with van der Waals surface area (Å²) >= 11 is 6.03. The van der Waals surface area contributed by atoms with E-state index in [1.165, 1.54) is 0 Å². The number of hydrogen-bond donors (Lipinski definition) is 0. The first kappa shape index (κ1) is 12.7. The number of ether oxygens (including phenoxy) is 1. The van der Waals surface area contributed by atoms with Crippen molar-refractivity contribution in [2.45, 2.75) is 38.9 Å². The van der Waals surface area contributed by atoms with Gasteiger partial charge in [0.15, 0.2) is 0 Å². The van der Waals surface area contributed by atoms with Crippen LogP contribution in [0.25, 0.3) is 0 Å². The van der Waals surface area contributed by atoms with Crippen LogP contribution in [-0.2, 0) is 17.7 Å². The smallest absolute Gasteiger partial charge is 0.131 e. The fourth-order valence-corrected chi connectivity index (χ4v) is 2.91. The van der Waals surface area contributed by atoms with E-state index in [9.17, 15) is 0 Å². The number of aromatic nitrogens is 2. The molecule has 1 aromatic rings. The molecule has 2 heterocycles. The highest BCUT2D eigenvalue weighted by molar-refractivity contribution is 6.17. The van der Waals surface area contributed by atoms with Crippen LogP contribution in [0.2, 0.25) is 0 Å². The van der Waals surface area contributed by atoms with E-state index in [2.05, 4.69) is 23.8 Å². The van der Waals surface area contributed by atoms with E-state index >= 15 is 0 Å². The molecular weight excluding hydrogens is 238 g/mol. The minimum absolute atomic E-state index is 0.247. The summed E-state index contributed by atoms with van der Waals surface area (Å²) < 4.78 is 7.68. The molecule has 1 aliphatic rings. The predicted molar refractivity (Wildman–Crippen MR) is 69.7 cm³/mol. The van der Waals surface area contributed by atoms with Crippen LogP contribution in [-0.4, -0.2) is 35.1 Å². The van der Waals surface area contributed by atoms with Gasteiger partial charge in [0, 0.05) is 25.7 Å². The van der Waals surface area contributed by atoms with Crippen molar-refractivity contribution >= 4 is 17.4 Å². The molecule has 0 N–H and O–H groups in total. The van der Waals surface area contributed by atoms with Gasteiger partial charge in [-0.1, -0.05) is 0 Å². The van der Waals surface area contributed by atoms with Crippen LogP contribution in [0.5, 0.6) is 0 Å². The zero-order valence-corrected chi connectivity index (χ0v) is 11.7. The quantitative estimate of drug-likeness (QED) is 0.760. The van der Waals surface area contributed by atoms with Gasteiger partial charge in [-0.05, 0) is 20.8 Å². The number of hydrogen-bond acceptors (Lipinski definition) is 3. The normalized spacial score (nSPS) is 25.4. The molecule has 1 aliphatic heterocycles. The highest BCUT2D eigenvalue weighted by Crippen LogP contribution is 2.27. The lowest BCUT2D eigenvalue weighted by Crippen LogP contribution is -2.46. The van der Waals surface area contributed by atoms with Crippen molar-refractivity contribution < 1.29 is 4.74 Å². The van der Waals surface area contributed by atoms with Gasteiger partial charge in [-0.3, -0.25) is 4.68 Å². The van der Waals surface area contributed by atoms with Gasteiger partial charge >= 0.3 is 0 Å². The molecule has 17 heavy (non-hydrogen) atoms. The van der Waals surface area contributed by atoms with Gasteiger partial charge in [-0.2, -0.15) is 5.10 Å². The lowest BCUT2D eigenvalue weighted by Gasteiger charge is -2.37. The lowest BCUT2D eigenvalue weighted by atomic mass is 10.2. The van der Waals surface area contributed by atoms with Crippen molar-refractivity contribution in [2.75, 3.05) is 18.0 Å². The van der Waals surface area contributed by atoms with Crippen LogP contribution >= 0.6 is 11.6 Å². The Morgan fingerprint density at radius 2 is 1.94 bits per heavy atom. The number of alkyl halides is 1. The molecule has 2 rings (SSSR count). The number of aryl methyl sites for hydroxylation is 2. The lowest BCUT2D eigenvalue weighted by molar-refractivity contribution is -0.00568. The summed E-state index contributed by atoms with van der Waals surface area (Å²) in [7, 11) is 1.98. The van der Waals surface area contributed by atoms with Gasteiger partial charge in [-0.25, -0.2) is 0 Å². The predicted octanol–water partition coefficient (Wildman–Crippen LogP) is 2.08. The topological polar surface area (TPSA) is 30.3 Å². The van der Waals surface area contributed by atoms with Crippen molar-refractivity contribution in [1.29, 1.82) is 0 Å². The van der Waals surface area contributed by atoms with E-state index in [0.29, 0.717) is 5.88 Å². The van der Waals surface area contributed by atoms with Crippen LogP contribution in [0.15, 0.2) is 0 Å². The van der Waals surface area contributed by atoms with Gasteiger partial charge in [0.05, 0.1) is 23.8 Å². The van der Waals surface area contributed by atoms with Gasteiger partial charge < -0.3 is 9.64 Å². The number of rotatable bonds is 2. The average Bonchev–Trinajstić information content (AvgIpc) is 2.51. The third kappa shape index (κ3) is 2.43. The second-order valence-corrected chi connectivity index (χ2v) is 5.07. The maximum atomic E-state index is 6.03. The third-order valence-electron chi connectivity index (χ3n) is 3.17. The van der Waals surface area contributed by atoms with Gasteiger partial charge in [-0.15, -0.1) is 11.6 Å². The van der Waals surface area contributed by atoms with Crippen LogP contribution < -0.4 is 4.90 Å². The molecule has 0 amide bonds. The average molecular weight is 258 g/mol. The molecule has 0 bridgehead atoms. The highest BCUT2D eigenvalue weighted by atomic mass is 35.5. The van der Waals surface area contributed by atoms with E-state index in [1.54, 1.807) is 0 Å². The minimum Gasteiger partial charge on any atom is -0.372 e. The van der Waals surface area contributed by atoms with Crippen LogP contribution in [0.3, 0.4) is 0 Å². The fourth-order valence-electron chi connectivity index (χ4n) is 2.59. The van der Waals surface area contributed by atoms with Gasteiger partial charge in [0.1, 0.15) is 5.82 Å². The molecule has 0 spiro atoms. The van der Waals surface area contributed by atoms with E-state index in [4.69, 9.17) is 16.3 Å². The van der Waals surface area contributed by atoms with Crippen LogP contribution in [0.4, 0.5) is 5.82 Å². The largest absolute Gasteiger partial charge is 0.372 e. The molecule has 4 nitrogen and oxygen atoms in total. The Morgan fingerprint density at radius 3 is 2.47 bits per heavy atom. The Bertz CT molecular complexity index is 395. The molecular formula is C12H20ClN3O. The number of halogens is 1. The zero-order chi connectivity index (χ0) is 12.6. The Morgan fingerprint density at radius 1 is 1.35 bits per heavy atom. The van der Waals surface area contributed by atoms with Gasteiger partial charge in [0.25, 0.3) is 0 Å². The van der Waals surface area contributed by atoms with Crippen molar-refractivity contribution in [2.24, 2.45) is 7.05 Å². The molecule has 0 unspecified atom stereocenters. The first-order chi connectivity index (χ1) is 8.02. The molecule has 0 aliphatic carbocycles. The molecule has 0 saturated carbocycles. The van der Waals surface area contributed by atoms with Crippen molar-refractivity contribution in [3.05, 3.63) is 11.3 Å². The molecule has 96 valence electrons. The maximum Gasteiger partial charge on any atom is 0.131 e. The summed E-state index contributed by atoms with van der Waals surface area (Å²) in [5.41, 5.74) is 2.15. The number of anilines is 1. The van der Waals surface area contributed by atoms with E-state index in [-0.39, 0.29) is 12.2 Å². The van der Waals surface area contributed by atoms with Crippen LogP contribution in [0.1, 0.15) is 25.1 Å². The second-order valence-electron chi connectivity index (χ2n) is 4.81. The SMILES string of the molecule is Cc1nn(C)c(N2C[C@@H](C)O[C@@H](C)C2)c1CCl. The van der Waals surface area contributed by atoms with Gasteiger partial charge in [0.2, 0.25) is 0 Å². The molecule has 0 radical (unpaired) electrons. The summed E-state index contributed by atoms with van der Waals surface area (Å²) in [5.74, 6) is 1.65. The van der Waals surface area contributed by atoms with Crippen molar-refractivity contribution in [1.82, 2.24) is 9.78 Å². The Kier molecular flexibility index (Phi) is 3.64. The molecule has 5 heteroatoms. The number of morpholine rings is 1. The standard InChI is InChI=1S/C12H20ClN3O/c1-8-6-16(7-9(2)17-8)12-11(5-13)10(3)14-15(12)4/h8-9H,5-7H2,1-4H3/t8-,9+. The summed E-state index contributed by atoms with van der Waals surface area (Å²) in [6.07, 6.45) is 0.495. The molecule has 1 saturated heterocycles. The van der Waals surface area contributed by atoms with E-state index in [0.717, 1.165) is 30.2 Å². The highest BCUT2D eigenvalue weighted by Gasteiger charge is 2.26. The number of nitrogens with zero attached hydrogens (tertiary/aromatic N) is 3. The van der Waals surface area contributed by atoms with Crippen molar-refractivity contribution in [3.63, 3.8) is 0 Å². The van der Waals surface area contributed by atoms with Crippen LogP contribution in [0, 0.1) is 6.92 Å². The first-order valence-electron chi connectivity index (χ1n) is 6.01. The molecule has 2 atom stereocenters. The monoisotopic (exact) mass is 257 g/mol. The fraction of sp³-hybridized carbons (Fsp3) is 0.750. The van der Waals surface area contributed by atoms with Crippen molar-refractivity contribution in [3.8, 4) is 0 Å².